The van der Waals surface area contributed by atoms with Crippen LogP contribution in [0.25, 0.3) is 0 Å². The van der Waals surface area contributed by atoms with E-state index < -0.39 is 9.75 Å². The van der Waals surface area contributed by atoms with Gasteiger partial charge in [-0.3, -0.25) is 9.59 Å². The number of hydrogen-bond acceptors (Lipinski definition) is 2. The Kier molecular flexibility index (Phi) is 4.71. The molecule has 0 heterocycles. The van der Waals surface area contributed by atoms with Crippen molar-refractivity contribution in [2.75, 3.05) is 6.54 Å². The Bertz CT molecular complexity index is 577. The first kappa shape index (κ1) is 16.4. The highest BCUT2D eigenvalue weighted by Crippen LogP contribution is 2.63. The summed E-state index contributed by atoms with van der Waals surface area (Å²) in [5.74, 6) is -0.623. The summed E-state index contributed by atoms with van der Waals surface area (Å²) in [6, 6.07) is 7.22. The molecule has 21 heavy (non-hydrogen) atoms. The van der Waals surface area contributed by atoms with Crippen molar-refractivity contribution in [3.05, 3.63) is 34.9 Å². The lowest BCUT2D eigenvalue weighted by Gasteiger charge is -2.12. The maximum absolute atomic E-state index is 11.9. The molecule has 1 saturated carbocycles. The number of benzene rings is 1. The smallest absolute Gasteiger partial charge is 0.239 e. The van der Waals surface area contributed by atoms with Gasteiger partial charge in [0.1, 0.15) is 4.33 Å². The minimum absolute atomic E-state index is 0.122. The third kappa shape index (κ3) is 3.62. The minimum atomic E-state index is -1.04. The van der Waals surface area contributed by atoms with Crippen LogP contribution in [0.3, 0.4) is 0 Å². The van der Waals surface area contributed by atoms with E-state index >= 15 is 0 Å². The Hall–Kier alpha value is -0.970. The van der Waals surface area contributed by atoms with Gasteiger partial charge in [-0.25, -0.2) is 0 Å². The Balaban J connectivity index is 1.76. The van der Waals surface area contributed by atoms with Gasteiger partial charge in [0.05, 0.1) is 12.0 Å². The molecular formula is C14H15Cl3N2O2. The Labute approximate surface area is 138 Å². The minimum Gasteiger partial charge on any atom is -0.350 e. The number of rotatable bonds is 5. The topological polar surface area (TPSA) is 58.2 Å². The number of carbonyl (C=O) groups excluding carboxylic acids is 2. The number of nitrogens with one attached hydrogen (secondary N) is 2. The molecule has 2 N–H and O–H groups in total. The second kappa shape index (κ2) is 6.03. The summed E-state index contributed by atoms with van der Waals surface area (Å²) in [5, 5.41) is 5.81. The molecule has 1 aromatic carbocycles. The Morgan fingerprint density at radius 3 is 2.43 bits per heavy atom. The monoisotopic (exact) mass is 348 g/mol. The summed E-state index contributed by atoms with van der Waals surface area (Å²) in [6.07, 6.45) is 0.385. The van der Waals surface area contributed by atoms with Crippen LogP contribution in [0.4, 0.5) is 0 Å². The molecule has 1 aliphatic carbocycles. The molecule has 114 valence electrons. The summed E-state index contributed by atoms with van der Waals surface area (Å²) in [5.41, 5.74) is -0.00685. The molecule has 7 heteroatoms. The van der Waals surface area contributed by atoms with E-state index in [-0.39, 0.29) is 18.4 Å². The summed E-state index contributed by atoms with van der Waals surface area (Å²) >= 11 is 17.8. The van der Waals surface area contributed by atoms with Crippen molar-refractivity contribution in [2.24, 2.45) is 5.41 Å². The first-order chi connectivity index (χ1) is 9.76. The molecule has 0 spiro atoms. The largest absolute Gasteiger partial charge is 0.350 e. The van der Waals surface area contributed by atoms with Gasteiger partial charge >= 0.3 is 0 Å². The molecule has 2 amide bonds. The van der Waals surface area contributed by atoms with E-state index in [9.17, 15) is 9.59 Å². The van der Waals surface area contributed by atoms with E-state index in [2.05, 4.69) is 10.6 Å². The fraction of sp³-hybridized carbons (Fsp3) is 0.429. The van der Waals surface area contributed by atoms with Gasteiger partial charge in [-0.05, 0) is 25.0 Å². The van der Waals surface area contributed by atoms with Gasteiger partial charge in [0, 0.05) is 11.6 Å². The second-order valence-electron chi connectivity index (χ2n) is 5.26. The Morgan fingerprint density at radius 1 is 1.24 bits per heavy atom. The van der Waals surface area contributed by atoms with Crippen molar-refractivity contribution in [3.63, 3.8) is 0 Å². The summed E-state index contributed by atoms with van der Waals surface area (Å²) < 4.78 is -1.04. The van der Waals surface area contributed by atoms with Gasteiger partial charge < -0.3 is 10.6 Å². The van der Waals surface area contributed by atoms with Crippen molar-refractivity contribution in [1.82, 2.24) is 10.6 Å². The fourth-order valence-corrected chi connectivity index (χ4v) is 2.81. The van der Waals surface area contributed by atoms with Crippen LogP contribution >= 0.6 is 34.8 Å². The second-order valence-corrected chi connectivity index (χ2v) is 7.16. The number of halogens is 3. The molecule has 1 aromatic rings. The van der Waals surface area contributed by atoms with Gasteiger partial charge in [0.2, 0.25) is 11.8 Å². The van der Waals surface area contributed by atoms with Crippen molar-refractivity contribution in [3.8, 4) is 0 Å². The van der Waals surface area contributed by atoms with Gasteiger partial charge in [-0.2, -0.15) is 0 Å². The standard InChI is InChI=1S/C14H15Cl3N2O2/c1-13(8-14(13,16)17)12(21)19-7-11(20)18-6-9-4-2-3-5-10(9)15/h2-5H,6-8H2,1H3,(H,18,20)(H,19,21). The molecule has 2 rings (SSSR count). The van der Waals surface area contributed by atoms with Gasteiger partial charge in [0.15, 0.2) is 0 Å². The van der Waals surface area contributed by atoms with Crippen molar-refractivity contribution < 1.29 is 9.59 Å². The quantitative estimate of drug-likeness (QED) is 0.803. The lowest BCUT2D eigenvalue weighted by atomic mass is 10.1. The van der Waals surface area contributed by atoms with E-state index in [0.717, 1.165) is 5.56 Å². The molecule has 4 nitrogen and oxygen atoms in total. The zero-order valence-corrected chi connectivity index (χ0v) is 13.6. The predicted octanol–water partition coefficient (Wildman–Crippen LogP) is 2.66. The van der Waals surface area contributed by atoms with Crippen LogP contribution in [-0.2, 0) is 16.1 Å². The van der Waals surface area contributed by atoms with Crippen molar-refractivity contribution in [2.45, 2.75) is 24.2 Å². The zero-order valence-electron chi connectivity index (χ0n) is 11.4. The third-order valence-corrected chi connectivity index (χ3v) is 5.07. The van der Waals surface area contributed by atoms with E-state index in [1.165, 1.54) is 0 Å². The van der Waals surface area contributed by atoms with Gasteiger partial charge in [0.25, 0.3) is 0 Å². The van der Waals surface area contributed by atoms with E-state index in [1.807, 2.05) is 18.2 Å². The van der Waals surface area contributed by atoms with Crippen LogP contribution in [0, 0.1) is 5.41 Å². The molecule has 0 radical (unpaired) electrons. The molecule has 0 aliphatic heterocycles. The van der Waals surface area contributed by atoms with Crippen molar-refractivity contribution in [1.29, 1.82) is 0 Å². The van der Waals surface area contributed by atoms with E-state index in [1.54, 1.807) is 13.0 Å². The lowest BCUT2D eigenvalue weighted by Crippen LogP contribution is -2.40. The predicted molar refractivity (Wildman–Crippen MR) is 83.5 cm³/mol. The molecule has 0 bridgehead atoms. The average Bonchev–Trinajstić information content (AvgIpc) is 2.95. The van der Waals surface area contributed by atoms with Crippen LogP contribution in [0.15, 0.2) is 24.3 Å². The molecule has 1 atom stereocenters. The number of carbonyl (C=O) groups is 2. The number of amides is 2. The summed E-state index contributed by atoms with van der Waals surface area (Å²) in [7, 11) is 0. The first-order valence-electron chi connectivity index (χ1n) is 6.42. The Morgan fingerprint density at radius 2 is 1.86 bits per heavy atom. The fourth-order valence-electron chi connectivity index (χ4n) is 1.90. The van der Waals surface area contributed by atoms with Crippen molar-refractivity contribution >= 4 is 46.6 Å². The molecule has 1 aliphatic rings. The van der Waals surface area contributed by atoms with Crippen LogP contribution in [-0.4, -0.2) is 22.7 Å². The van der Waals surface area contributed by atoms with Crippen LogP contribution in [0.5, 0.6) is 0 Å². The number of alkyl halides is 2. The van der Waals surface area contributed by atoms with Gasteiger partial charge in [-0.15, -0.1) is 23.2 Å². The lowest BCUT2D eigenvalue weighted by molar-refractivity contribution is -0.129. The summed E-state index contributed by atoms with van der Waals surface area (Å²) in [6.45, 7) is 1.85. The summed E-state index contributed by atoms with van der Waals surface area (Å²) in [4.78, 5) is 23.6. The third-order valence-electron chi connectivity index (χ3n) is 3.60. The first-order valence-corrected chi connectivity index (χ1v) is 7.56. The highest BCUT2D eigenvalue weighted by Gasteiger charge is 2.67. The van der Waals surface area contributed by atoms with Crippen LogP contribution in [0.2, 0.25) is 5.02 Å². The molecule has 1 unspecified atom stereocenters. The molecule has 1 fully saturated rings. The van der Waals surface area contributed by atoms with Crippen LogP contribution < -0.4 is 10.6 Å². The maximum atomic E-state index is 11.9. The number of hydrogen-bond donors (Lipinski definition) is 2. The van der Waals surface area contributed by atoms with Crippen LogP contribution in [0.1, 0.15) is 18.9 Å². The maximum Gasteiger partial charge on any atom is 0.239 e. The van der Waals surface area contributed by atoms with E-state index in [4.69, 9.17) is 34.8 Å². The zero-order chi connectivity index (χ0) is 15.7. The van der Waals surface area contributed by atoms with Gasteiger partial charge in [-0.1, -0.05) is 29.8 Å². The average molecular weight is 350 g/mol. The molecule has 0 aromatic heterocycles. The highest BCUT2D eigenvalue weighted by atomic mass is 35.5. The molecular weight excluding hydrogens is 335 g/mol. The van der Waals surface area contributed by atoms with E-state index in [0.29, 0.717) is 18.0 Å². The SMILES string of the molecule is CC1(C(=O)NCC(=O)NCc2ccccc2Cl)CC1(Cl)Cl. The molecule has 0 saturated heterocycles. The highest BCUT2D eigenvalue weighted by molar-refractivity contribution is 6.53. The normalized spacial score (nSPS) is 22.5.